The Labute approximate surface area is 250 Å². The number of hydrogen-bond acceptors (Lipinski definition) is 7. The first kappa shape index (κ1) is 33.8. The molecule has 2 aromatic rings. The van der Waals surface area contributed by atoms with E-state index < -0.39 is 41.6 Å². The number of hydrogen-bond donors (Lipinski definition) is 9. The fourth-order valence-corrected chi connectivity index (χ4v) is 4.09. The molecule has 0 aliphatic carbocycles. The number of aliphatic imine (C=N–C) groups is 1. The molecule has 4 amide bonds. The Bertz CT molecular complexity index is 1320. The second kappa shape index (κ2) is 16.8. The van der Waals surface area contributed by atoms with Crippen molar-refractivity contribution in [2.45, 2.75) is 37.8 Å². The number of anilines is 1. The molecule has 0 spiro atoms. The summed E-state index contributed by atoms with van der Waals surface area (Å²) < 4.78 is 0. The van der Waals surface area contributed by atoms with Crippen LogP contribution in [0.4, 0.5) is 5.69 Å². The van der Waals surface area contributed by atoms with Gasteiger partial charge in [0.1, 0.15) is 23.8 Å². The van der Waals surface area contributed by atoms with Crippen molar-refractivity contribution < 1.29 is 19.2 Å². The van der Waals surface area contributed by atoms with E-state index in [4.69, 9.17) is 34.1 Å². The van der Waals surface area contributed by atoms with Gasteiger partial charge in [-0.1, -0.05) is 42.5 Å². The van der Waals surface area contributed by atoms with Gasteiger partial charge in [-0.3, -0.25) is 29.6 Å². The molecule has 0 heterocycles. The van der Waals surface area contributed by atoms with Gasteiger partial charge >= 0.3 is 0 Å². The minimum absolute atomic E-state index is 0.00208. The summed E-state index contributed by atoms with van der Waals surface area (Å²) in [6.07, 6.45) is 2.02. The Hall–Kier alpha value is -5.40. The smallest absolute Gasteiger partial charge is 0.243 e. The molecule has 3 atom stereocenters. The molecule has 230 valence electrons. The normalized spacial score (nSPS) is 12.6. The fraction of sp³-hybridized carbons (Fsp3) is 0.310. The third-order valence-electron chi connectivity index (χ3n) is 6.42. The molecule has 0 aromatic heterocycles. The predicted molar refractivity (Wildman–Crippen MR) is 165 cm³/mol. The number of guanidine groups is 1. The number of nitrogens with zero attached hydrogens (tertiary/aromatic N) is 1. The molecule has 1 unspecified atom stereocenters. The second-order valence-electron chi connectivity index (χ2n) is 9.82. The van der Waals surface area contributed by atoms with Gasteiger partial charge in [0, 0.05) is 30.8 Å². The van der Waals surface area contributed by atoms with Crippen molar-refractivity contribution in [3.05, 3.63) is 77.9 Å². The summed E-state index contributed by atoms with van der Waals surface area (Å²) in [7, 11) is 0. The number of amides is 4. The van der Waals surface area contributed by atoms with Gasteiger partial charge in [-0.15, -0.1) is 6.58 Å². The fourth-order valence-electron chi connectivity index (χ4n) is 4.09. The van der Waals surface area contributed by atoms with Gasteiger partial charge in [0.2, 0.25) is 23.6 Å². The lowest BCUT2D eigenvalue weighted by atomic mass is 9.95. The summed E-state index contributed by atoms with van der Waals surface area (Å²) in [5, 5.41) is 15.5. The summed E-state index contributed by atoms with van der Waals surface area (Å²) in [5.74, 6) is -4.18. The number of nitrogen functional groups attached to an aromatic ring is 2. The largest absolute Gasteiger partial charge is 0.399 e. The average molecular weight is 593 g/mol. The molecule has 0 aliphatic rings. The minimum atomic E-state index is -1.23. The van der Waals surface area contributed by atoms with Crippen molar-refractivity contribution in [3.8, 4) is 0 Å². The number of nitrogens with two attached hydrogens (primary N) is 5. The standard InChI is InChI=1S/C29H40N10O4/c1-2-13-36-26(41)21(15-17-5-9-19(10-6-17)24(31)32)27(42)39-23(16-18-7-11-20(30)12-8-18)28(43)38-22(25(33)40)4-3-14-37-29(34)35/h2,5-12,21-23H,1,3-4,13-16,30H2,(H3,31,32)(H2,33,40)(H,36,41)(H,38,43)(H,39,42)(H4,34,35,37)/t21?,22-,23-/m0/s1. The summed E-state index contributed by atoms with van der Waals surface area (Å²) in [5.41, 5.74) is 29.8. The topological polar surface area (TPSA) is 271 Å². The van der Waals surface area contributed by atoms with E-state index >= 15 is 0 Å². The summed E-state index contributed by atoms with van der Waals surface area (Å²) in [6, 6.07) is 11.0. The van der Waals surface area contributed by atoms with Crippen LogP contribution in [0.25, 0.3) is 0 Å². The number of rotatable bonds is 17. The first-order chi connectivity index (χ1) is 20.4. The number of benzene rings is 2. The first-order valence-electron chi connectivity index (χ1n) is 13.5. The zero-order chi connectivity index (χ0) is 31.9. The highest BCUT2D eigenvalue weighted by atomic mass is 16.2. The van der Waals surface area contributed by atoms with E-state index in [2.05, 4.69) is 27.5 Å². The number of primary amides is 1. The van der Waals surface area contributed by atoms with Crippen LogP contribution in [-0.4, -0.2) is 60.6 Å². The lowest BCUT2D eigenvalue weighted by molar-refractivity contribution is -0.138. The zero-order valence-electron chi connectivity index (χ0n) is 23.8. The van der Waals surface area contributed by atoms with Gasteiger partial charge in [-0.05, 0) is 42.5 Å². The molecule has 43 heavy (non-hydrogen) atoms. The number of amidine groups is 1. The van der Waals surface area contributed by atoms with Gasteiger partial charge in [-0.2, -0.15) is 0 Å². The van der Waals surface area contributed by atoms with Gasteiger partial charge in [0.15, 0.2) is 5.96 Å². The van der Waals surface area contributed by atoms with Crippen LogP contribution in [0.1, 0.15) is 29.5 Å². The Morgan fingerprint density at radius 2 is 1.42 bits per heavy atom. The van der Waals surface area contributed by atoms with Gasteiger partial charge in [0.05, 0.1) is 0 Å². The average Bonchev–Trinajstić information content (AvgIpc) is 2.96. The van der Waals surface area contributed by atoms with Crippen LogP contribution in [-0.2, 0) is 32.0 Å². The Kier molecular flexibility index (Phi) is 13.2. The van der Waals surface area contributed by atoms with E-state index in [1.54, 1.807) is 48.5 Å². The summed E-state index contributed by atoms with van der Waals surface area (Å²) in [4.78, 5) is 56.1. The minimum Gasteiger partial charge on any atom is -0.399 e. The molecule has 2 aromatic carbocycles. The Morgan fingerprint density at radius 3 is 1.98 bits per heavy atom. The second-order valence-corrected chi connectivity index (χ2v) is 9.82. The molecule has 14 N–H and O–H groups in total. The Balaban J connectivity index is 2.31. The highest BCUT2D eigenvalue weighted by Gasteiger charge is 2.32. The lowest BCUT2D eigenvalue weighted by Gasteiger charge is -2.24. The van der Waals surface area contributed by atoms with Gasteiger partial charge in [-0.25, -0.2) is 0 Å². The quantitative estimate of drug-likeness (QED) is 0.0267. The van der Waals surface area contributed by atoms with Crippen LogP contribution >= 0.6 is 0 Å². The van der Waals surface area contributed by atoms with Crippen molar-refractivity contribution >= 4 is 41.1 Å². The van der Waals surface area contributed by atoms with Crippen LogP contribution in [0.2, 0.25) is 0 Å². The molecule has 14 heteroatoms. The number of carbonyl (C=O) groups is 4. The first-order valence-corrected chi connectivity index (χ1v) is 13.5. The van der Waals surface area contributed by atoms with Crippen molar-refractivity contribution in [1.29, 1.82) is 5.41 Å². The maximum Gasteiger partial charge on any atom is 0.243 e. The van der Waals surface area contributed by atoms with Gasteiger partial charge in [0.25, 0.3) is 0 Å². The molecule has 0 radical (unpaired) electrons. The molecular weight excluding hydrogens is 552 g/mol. The molecule has 0 saturated heterocycles. The van der Waals surface area contributed by atoms with Crippen molar-refractivity contribution in [2.24, 2.45) is 33.8 Å². The molecule has 0 fully saturated rings. The highest BCUT2D eigenvalue weighted by molar-refractivity contribution is 6.02. The predicted octanol–water partition coefficient (Wildman–Crippen LogP) is -1.24. The van der Waals surface area contributed by atoms with Crippen molar-refractivity contribution in [2.75, 3.05) is 18.8 Å². The SMILES string of the molecule is C=CCNC(=O)C(Cc1ccc(C(=N)N)cc1)C(=O)N[C@@H](Cc1ccc(N)cc1)C(=O)N[C@@H](CCCN=C(N)N)C(N)=O. The molecule has 2 rings (SSSR count). The van der Waals surface area contributed by atoms with Crippen molar-refractivity contribution in [1.82, 2.24) is 16.0 Å². The molecule has 0 bridgehead atoms. The molecule has 0 aliphatic heterocycles. The van der Waals surface area contributed by atoms with Crippen LogP contribution in [0, 0.1) is 11.3 Å². The van der Waals surface area contributed by atoms with E-state index in [0.29, 0.717) is 28.8 Å². The number of nitrogens with one attached hydrogen (secondary N) is 4. The maximum atomic E-state index is 13.6. The van der Waals surface area contributed by atoms with Crippen LogP contribution in [0.15, 0.2) is 66.2 Å². The Morgan fingerprint density at radius 1 is 0.837 bits per heavy atom. The molecule has 0 saturated carbocycles. The van der Waals surface area contributed by atoms with Crippen LogP contribution < -0.4 is 44.6 Å². The van der Waals surface area contributed by atoms with E-state index in [0.717, 1.165) is 0 Å². The highest BCUT2D eigenvalue weighted by Crippen LogP contribution is 2.14. The van der Waals surface area contributed by atoms with Crippen LogP contribution in [0.3, 0.4) is 0 Å². The van der Waals surface area contributed by atoms with E-state index in [1.165, 1.54) is 6.08 Å². The maximum absolute atomic E-state index is 13.6. The third-order valence-corrected chi connectivity index (χ3v) is 6.42. The monoisotopic (exact) mass is 592 g/mol. The number of carbonyl (C=O) groups excluding carboxylic acids is 4. The third kappa shape index (κ3) is 11.5. The van der Waals surface area contributed by atoms with Crippen molar-refractivity contribution in [3.63, 3.8) is 0 Å². The van der Waals surface area contributed by atoms with Crippen LogP contribution in [0.5, 0.6) is 0 Å². The summed E-state index contributed by atoms with van der Waals surface area (Å²) >= 11 is 0. The molecule has 14 nitrogen and oxygen atoms in total. The molecular formula is C29H40N10O4. The lowest BCUT2D eigenvalue weighted by Crippen LogP contribution is -2.55. The zero-order valence-corrected chi connectivity index (χ0v) is 23.8. The van der Waals surface area contributed by atoms with E-state index in [-0.39, 0.29) is 44.1 Å². The van der Waals surface area contributed by atoms with E-state index in [9.17, 15) is 19.2 Å². The summed E-state index contributed by atoms with van der Waals surface area (Å²) in [6.45, 7) is 3.93. The van der Waals surface area contributed by atoms with E-state index in [1.807, 2.05) is 0 Å². The van der Waals surface area contributed by atoms with Gasteiger partial charge < -0.3 is 44.6 Å².